The third-order valence-electron chi connectivity index (χ3n) is 7.90. The number of ether oxygens (including phenoxy) is 1. The molecule has 0 rings (SSSR count). The number of unbranched alkanes of at least 4 members (excludes halogenated alkanes) is 26. The molecule has 0 aromatic carbocycles. The molecule has 0 aliphatic carbocycles. The third kappa shape index (κ3) is 33.2. The molecule has 0 bridgehead atoms. The van der Waals surface area contributed by atoms with Gasteiger partial charge in [0.15, 0.2) is 0 Å². The van der Waals surface area contributed by atoms with Crippen LogP contribution in [0, 0.1) is 0 Å². The topological polar surface area (TPSA) is 26.3 Å². The van der Waals surface area contributed by atoms with Gasteiger partial charge in [0.05, 0.1) is 6.61 Å². The number of hydrogen-bond acceptors (Lipinski definition) is 2. The Hall–Kier alpha value is -0.790. The zero-order chi connectivity index (χ0) is 27.6. The van der Waals surface area contributed by atoms with Gasteiger partial charge in [-0.05, 0) is 38.5 Å². The Morgan fingerprint density at radius 3 is 1.13 bits per heavy atom. The number of rotatable bonds is 32. The first-order valence-corrected chi connectivity index (χ1v) is 17.6. The summed E-state index contributed by atoms with van der Waals surface area (Å²) in [6, 6.07) is 0. The monoisotopic (exact) mass is 535 g/mol. The lowest BCUT2D eigenvalue weighted by atomic mass is 10.0. The molecule has 0 aliphatic heterocycles. The summed E-state index contributed by atoms with van der Waals surface area (Å²) in [5, 5.41) is 0. The van der Waals surface area contributed by atoms with Crippen molar-refractivity contribution in [1.82, 2.24) is 0 Å². The predicted molar refractivity (Wildman–Crippen MR) is 170 cm³/mol. The molecule has 0 atom stereocenters. The normalized spacial score (nSPS) is 11.5. The van der Waals surface area contributed by atoms with Crippen molar-refractivity contribution in [2.24, 2.45) is 0 Å². The molecule has 0 unspecified atom stereocenters. The van der Waals surface area contributed by atoms with E-state index in [9.17, 15) is 4.79 Å². The van der Waals surface area contributed by atoms with Crippen LogP contribution in [0.3, 0.4) is 0 Å². The van der Waals surface area contributed by atoms with E-state index in [-0.39, 0.29) is 5.97 Å². The van der Waals surface area contributed by atoms with Crippen LogP contribution in [0.15, 0.2) is 12.2 Å². The van der Waals surface area contributed by atoms with Crippen molar-refractivity contribution in [3.05, 3.63) is 12.2 Å². The summed E-state index contributed by atoms with van der Waals surface area (Å²) >= 11 is 0. The molecule has 0 aromatic rings. The molecule has 0 N–H and O–H groups in total. The SMILES string of the molecule is CCCCCCCC/C=C\CCCCCCCCCCCCCC(=O)OCCCCCCCCCCCC. The van der Waals surface area contributed by atoms with Gasteiger partial charge in [0.25, 0.3) is 0 Å². The van der Waals surface area contributed by atoms with E-state index in [1.807, 2.05) is 0 Å². The summed E-state index contributed by atoms with van der Waals surface area (Å²) in [4.78, 5) is 11.9. The number of esters is 1. The maximum Gasteiger partial charge on any atom is 0.305 e. The van der Waals surface area contributed by atoms with E-state index >= 15 is 0 Å². The van der Waals surface area contributed by atoms with Gasteiger partial charge in [-0.15, -0.1) is 0 Å². The predicted octanol–water partition coefficient (Wildman–Crippen LogP) is 12.8. The molecule has 0 fully saturated rings. The zero-order valence-corrected chi connectivity index (χ0v) is 26.4. The molecule has 0 amide bonds. The lowest BCUT2D eigenvalue weighted by Crippen LogP contribution is -2.05. The quantitative estimate of drug-likeness (QED) is 0.0487. The summed E-state index contributed by atoms with van der Waals surface area (Å²) in [6.45, 7) is 5.19. The van der Waals surface area contributed by atoms with Gasteiger partial charge < -0.3 is 4.74 Å². The molecule has 0 aliphatic rings. The summed E-state index contributed by atoms with van der Waals surface area (Å²) in [5.74, 6) is 0.0224. The Labute approximate surface area is 240 Å². The third-order valence-corrected chi connectivity index (χ3v) is 7.90. The van der Waals surface area contributed by atoms with Crippen LogP contribution in [0.5, 0.6) is 0 Å². The van der Waals surface area contributed by atoms with E-state index in [0.29, 0.717) is 13.0 Å². The zero-order valence-electron chi connectivity index (χ0n) is 26.4. The molecule has 0 saturated carbocycles. The molecule has 0 radical (unpaired) electrons. The van der Waals surface area contributed by atoms with Gasteiger partial charge in [0, 0.05) is 6.42 Å². The van der Waals surface area contributed by atoms with Crippen LogP contribution in [0.2, 0.25) is 0 Å². The van der Waals surface area contributed by atoms with Gasteiger partial charge in [0.1, 0.15) is 0 Å². The smallest absolute Gasteiger partial charge is 0.305 e. The van der Waals surface area contributed by atoms with E-state index in [1.54, 1.807) is 0 Å². The first-order valence-electron chi connectivity index (χ1n) is 17.6. The van der Waals surface area contributed by atoms with Crippen molar-refractivity contribution in [3.8, 4) is 0 Å². The van der Waals surface area contributed by atoms with Crippen LogP contribution >= 0.6 is 0 Å². The highest BCUT2D eigenvalue weighted by Gasteiger charge is 2.02. The first-order chi connectivity index (χ1) is 18.8. The average Bonchev–Trinajstić information content (AvgIpc) is 2.92. The minimum Gasteiger partial charge on any atom is -0.466 e. The Kier molecular flexibility index (Phi) is 33.5. The highest BCUT2D eigenvalue weighted by molar-refractivity contribution is 5.69. The number of hydrogen-bond donors (Lipinski definition) is 0. The molecule has 0 saturated heterocycles. The van der Waals surface area contributed by atoms with E-state index in [0.717, 1.165) is 12.8 Å². The van der Waals surface area contributed by atoms with Crippen molar-refractivity contribution < 1.29 is 9.53 Å². The Balaban J connectivity index is 3.17. The van der Waals surface area contributed by atoms with Crippen molar-refractivity contribution >= 4 is 5.97 Å². The van der Waals surface area contributed by atoms with Crippen molar-refractivity contribution in [1.29, 1.82) is 0 Å². The van der Waals surface area contributed by atoms with Crippen LogP contribution in [-0.4, -0.2) is 12.6 Å². The van der Waals surface area contributed by atoms with Crippen LogP contribution < -0.4 is 0 Å². The van der Waals surface area contributed by atoms with Crippen molar-refractivity contribution in [2.75, 3.05) is 6.61 Å². The highest BCUT2D eigenvalue weighted by Crippen LogP contribution is 2.14. The molecule has 38 heavy (non-hydrogen) atoms. The lowest BCUT2D eigenvalue weighted by molar-refractivity contribution is -0.143. The van der Waals surface area contributed by atoms with E-state index < -0.39 is 0 Å². The maximum atomic E-state index is 11.9. The number of carbonyl (C=O) groups excluding carboxylic acids is 1. The van der Waals surface area contributed by atoms with Crippen LogP contribution in [0.4, 0.5) is 0 Å². The lowest BCUT2D eigenvalue weighted by Gasteiger charge is -2.06. The summed E-state index contributed by atoms with van der Waals surface area (Å²) < 4.78 is 5.42. The molecule has 0 spiro atoms. The number of carbonyl (C=O) groups is 1. The van der Waals surface area contributed by atoms with Gasteiger partial charge >= 0.3 is 5.97 Å². The van der Waals surface area contributed by atoms with Crippen molar-refractivity contribution in [3.63, 3.8) is 0 Å². The molecule has 0 aromatic heterocycles. The van der Waals surface area contributed by atoms with E-state index in [4.69, 9.17) is 4.74 Å². The minimum absolute atomic E-state index is 0.0224. The fourth-order valence-electron chi connectivity index (χ4n) is 5.25. The first kappa shape index (κ1) is 37.2. The summed E-state index contributed by atoms with van der Waals surface area (Å²) in [6.07, 6.45) is 44.2. The van der Waals surface area contributed by atoms with Crippen LogP contribution in [-0.2, 0) is 9.53 Å². The molecule has 2 heteroatoms. The molecular weight excluding hydrogens is 464 g/mol. The highest BCUT2D eigenvalue weighted by atomic mass is 16.5. The Morgan fingerprint density at radius 1 is 0.421 bits per heavy atom. The minimum atomic E-state index is 0.0224. The van der Waals surface area contributed by atoms with Gasteiger partial charge in [-0.3, -0.25) is 4.79 Å². The summed E-state index contributed by atoms with van der Waals surface area (Å²) in [7, 11) is 0. The molecular formula is C36H70O2. The fourth-order valence-corrected chi connectivity index (χ4v) is 5.25. The molecule has 2 nitrogen and oxygen atoms in total. The van der Waals surface area contributed by atoms with Crippen molar-refractivity contribution in [2.45, 2.75) is 206 Å². The van der Waals surface area contributed by atoms with E-state index in [2.05, 4.69) is 26.0 Å². The fraction of sp³-hybridized carbons (Fsp3) is 0.917. The number of allylic oxidation sites excluding steroid dienone is 2. The molecule has 226 valence electrons. The second-order valence-corrected chi connectivity index (χ2v) is 11.9. The largest absolute Gasteiger partial charge is 0.466 e. The molecule has 0 heterocycles. The Morgan fingerprint density at radius 2 is 0.737 bits per heavy atom. The Bertz CT molecular complexity index is 470. The van der Waals surface area contributed by atoms with Gasteiger partial charge in [-0.1, -0.05) is 174 Å². The van der Waals surface area contributed by atoms with Gasteiger partial charge in [-0.25, -0.2) is 0 Å². The second kappa shape index (κ2) is 34.2. The van der Waals surface area contributed by atoms with Crippen LogP contribution in [0.25, 0.3) is 0 Å². The van der Waals surface area contributed by atoms with Crippen LogP contribution in [0.1, 0.15) is 206 Å². The van der Waals surface area contributed by atoms with Gasteiger partial charge in [-0.2, -0.15) is 0 Å². The standard InChI is InChI=1S/C36H70O2/c1-3-5-7-9-11-13-15-16-17-18-19-20-21-22-23-24-25-26-28-30-32-34-36(37)38-35-33-31-29-27-14-12-10-8-6-4-2/h16-17H,3-15,18-35H2,1-2H3/b17-16-. The maximum absolute atomic E-state index is 11.9. The summed E-state index contributed by atoms with van der Waals surface area (Å²) in [5.41, 5.74) is 0. The second-order valence-electron chi connectivity index (χ2n) is 11.9. The van der Waals surface area contributed by atoms with E-state index in [1.165, 1.54) is 173 Å². The van der Waals surface area contributed by atoms with Gasteiger partial charge in [0.2, 0.25) is 0 Å². The average molecular weight is 535 g/mol.